The van der Waals surface area contributed by atoms with Crippen LogP contribution in [0, 0.1) is 5.82 Å². The van der Waals surface area contributed by atoms with Gasteiger partial charge in [-0.05, 0) is 38.8 Å². The first-order valence-electron chi connectivity index (χ1n) is 6.47. The lowest BCUT2D eigenvalue weighted by Gasteiger charge is -2.20. The number of hydrogen-bond donors (Lipinski definition) is 0. The fraction of sp³-hybridized carbons (Fsp3) is 0.538. The summed E-state index contributed by atoms with van der Waals surface area (Å²) in [7, 11) is 0. The van der Waals surface area contributed by atoms with Crippen LogP contribution in [0.15, 0.2) is 18.2 Å². The molecule has 0 amide bonds. The van der Waals surface area contributed by atoms with Gasteiger partial charge in [-0.3, -0.25) is 0 Å². The average molecular weight is 291 g/mol. The minimum atomic E-state index is -5.16. The van der Waals surface area contributed by atoms with Gasteiger partial charge in [-0.25, -0.2) is 4.39 Å². The van der Waals surface area contributed by atoms with Crippen molar-refractivity contribution in [3.8, 4) is 5.75 Å². The first-order valence-corrected chi connectivity index (χ1v) is 6.47. The highest BCUT2D eigenvalue weighted by Gasteiger charge is 2.32. The minimum absolute atomic E-state index is 0.0503. The zero-order valence-corrected chi connectivity index (χ0v) is 11.3. The summed E-state index contributed by atoms with van der Waals surface area (Å²) in [5.74, 6) is -1.18. The molecule has 7 heteroatoms. The summed E-state index contributed by atoms with van der Waals surface area (Å²) in [5, 5.41) is 0. The van der Waals surface area contributed by atoms with Gasteiger partial charge in [-0.2, -0.15) is 0 Å². The molecule has 1 aliphatic rings. The van der Waals surface area contributed by atoms with Gasteiger partial charge in [0.1, 0.15) is 6.61 Å². The normalized spacial score (nSPS) is 22.0. The number of rotatable bonds is 4. The first kappa shape index (κ1) is 15.2. The highest BCUT2D eigenvalue weighted by molar-refractivity contribution is 6.73. The van der Waals surface area contributed by atoms with E-state index in [4.69, 9.17) is 9.47 Å². The Kier molecular flexibility index (Phi) is 4.00. The molecule has 0 saturated carbocycles. The zero-order chi connectivity index (χ0) is 15.0. The van der Waals surface area contributed by atoms with Crippen LogP contribution in [-0.4, -0.2) is 25.3 Å². The largest absolute Gasteiger partial charge is 0.509 e. The van der Waals surface area contributed by atoms with Crippen LogP contribution < -0.4 is 10.2 Å². The quantitative estimate of drug-likeness (QED) is 0.626. The van der Waals surface area contributed by atoms with Crippen LogP contribution in [0.1, 0.15) is 26.7 Å². The predicted octanol–water partition coefficient (Wildman–Crippen LogP) is 3.22. The third-order valence-electron chi connectivity index (χ3n) is 3.31. The summed E-state index contributed by atoms with van der Waals surface area (Å²) < 4.78 is 62.1. The van der Waals surface area contributed by atoms with E-state index in [0.717, 1.165) is 25.0 Å². The Balaban J connectivity index is 2.03. The van der Waals surface area contributed by atoms with Crippen molar-refractivity contribution in [1.29, 1.82) is 0 Å². The predicted molar refractivity (Wildman–Crippen MR) is 68.8 cm³/mol. The molecule has 20 heavy (non-hydrogen) atoms. The highest BCUT2D eigenvalue weighted by atomic mass is 19.4. The average Bonchev–Trinajstić information content (AvgIpc) is 2.66. The molecule has 0 aromatic heterocycles. The van der Waals surface area contributed by atoms with Gasteiger partial charge in [0.2, 0.25) is 0 Å². The molecule has 0 bridgehead atoms. The maximum Gasteiger partial charge on any atom is 0.509 e. The van der Waals surface area contributed by atoms with E-state index in [9.17, 15) is 17.3 Å². The fourth-order valence-electron chi connectivity index (χ4n) is 2.21. The Morgan fingerprint density at radius 3 is 2.60 bits per heavy atom. The third kappa shape index (κ3) is 3.65. The Bertz CT molecular complexity index is 488. The molecule has 2 nitrogen and oxygen atoms in total. The van der Waals surface area contributed by atoms with Crippen molar-refractivity contribution in [2.75, 3.05) is 6.61 Å². The molecule has 1 aromatic carbocycles. The molecule has 2 rings (SSSR count). The van der Waals surface area contributed by atoms with E-state index in [0.29, 0.717) is 6.07 Å². The summed E-state index contributed by atoms with van der Waals surface area (Å²) >= 11 is 0. The van der Waals surface area contributed by atoms with Gasteiger partial charge in [0, 0.05) is 0 Å². The van der Waals surface area contributed by atoms with Crippen molar-refractivity contribution in [1.82, 2.24) is 0 Å². The van der Waals surface area contributed by atoms with Gasteiger partial charge in [-0.1, -0.05) is 6.07 Å². The standard InChI is InChI=1S/C13H16BF4O2/c1-13(2)6-5-10(20-13)8-19-12-7-9(14(16,17)18)3-4-11(12)15/h3-4,7,10H,5-6,8H2,1-2H3/q-1. The number of hydrogen-bond acceptors (Lipinski definition) is 2. The molecule has 1 unspecified atom stereocenters. The van der Waals surface area contributed by atoms with E-state index in [1.807, 2.05) is 13.8 Å². The van der Waals surface area contributed by atoms with E-state index in [-0.39, 0.29) is 24.1 Å². The van der Waals surface area contributed by atoms with Gasteiger partial charge >= 0.3 is 6.98 Å². The Morgan fingerprint density at radius 2 is 2.05 bits per heavy atom. The lowest BCUT2D eigenvalue weighted by molar-refractivity contribution is -0.0330. The molecule has 0 radical (unpaired) electrons. The SMILES string of the molecule is CC1(C)CCC(COc2cc([B-](F)(F)F)ccc2F)O1. The van der Waals surface area contributed by atoms with Crippen LogP contribution in [-0.2, 0) is 4.74 Å². The summed E-state index contributed by atoms with van der Waals surface area (Å²) in [4.78, 5) is 0. The molecule has 1 atom stereocenters. The Hall–Kier alpha value is -1.24. The molecule has 1 aliphatic heterocycles. The minimum Gasteiger partial charge on any atom is -0.488 e. The maximum absolute atomic E-state index is 13.5. The number of halogens is 4. The molecule has 0 N–H and O–H groups in total. The van der Waals surface area contributed by atoms with Crippen LogP contribution in [0.5, 0.6) is 5.75 Å². The van der Waals surface area contributed by atoms with Crippen molar-refractivity contribution in [3.63, 3.8) is 0 Å². The Labute approximate surface area is 115 Å². The van der Waals surface area contributed by atoms with E-state index < -0.39 is 18.3 Å². The van der Waals surface area contributed by atoms with Crippen molar-refractivity contribution >= 4 is 12.4 Å². The van der Waals surface area contributed by atoms with Crippen molar-refractivity contribution in [3.05, 3.63) is 24.0 Å². The lowest BCUT2D eigenvalue weighted by Crippen LogP contribution is -2.34. The molecule has 112 valence electrons. The summed E-state index contributed by atoms with van der Waals surface area (Å²) in [6, 6.07) is 2.20. The van der Waals surface area contributed by atoms with Crippen molar-refractivity contribution in [2.24, 2.45) is 0 Å². The summed E-state index contributed by atoms with van der Waals surface area (Å²) in [5.41, 5.74) is -1.13. The summed E-state index contributed by atoms with van der Waals surface area (Å²) in [6.07, 6.45) is 1.37. The second-order valence-electron chi connectivity index (χ2n) is 5.61. The maximum atomic E-state index is 13.5. The lowest BCUT2D eigenvalue weighted by atomic mass is 9.80. The van der Waals surface area contributed by atoms with Gasteiger partial charge in [0.25, 0.3) is 0 Å². The van der Waals surface area contributed by atoms with E-state index in [1.54, 1.807) is 0 Å². The van der Waals surface area contributed by atoms with Crippen LogP contribution in [0.2, 0.25) is 0 Å². The van der Waals surface area contributed by atoms with E-state index in [1.165, 1.54) is 0 Å². The molecule has 0 spiro atoms. The van der Waals surface area contributed by atoms with E-state index >= 15 is 0 Å². The van der Waals surface area contributed by atoms with Crippen LogP contribution in [0.3, 0.4) is 0 Å². The van der Waals surface area contributed by atoms with Gasteiger partial charge in [-0.15, -0.1) is 5.46 Å². The van der Waals surface area contributed by atoms with Crippen LogP contribution >= 0.6 is 0 Å². The van der Waals surface area contributed by atoms with Gasteiger partial charge < -0.3 is 22.4 Å². The monoisotopic (exact) mass is 291 g/mol. The van der Waals surface area contributed by atoms with Crippen LogP contribution in [0.25, 0.3) is 0 Å². The summed E-state index contributed by atoms with van der Waals surface area (Å²) in [6.45, 7) is -1.25. The second-order valence-corrected chi connectivity index (χ2v) is 5.61. The molecule has 1 aromatic rings. The second kappa shape index (κ2) is 5.28. The van der Waals surface area contributed by atoms with Crippen LogP contribution in [0.4, 0.5) is 17.3 Å². The number of benzene rings is 1. The van der Waals surface area contributed by atoms with E-state index in [2.05, 4.69) is 0 Å². The first-order chi connectivity index (χ1) is 9.17. The third-order valence-corrected chi connectivity index (χ3v) is 3.31. The number of ether oxygens (including phenoxy) is 2. The fourth-order valence-corrected chi connectivity index (χ4v) is 2.21. The molecule has 1 saturated heterocycles. The molecule has 1 fully saturated rings. The molecule has 0 aliphatic carbocycles. The molecular weight excluding hydrogens is 275 g/mol. The van der Waals surface area contributed by atoms with Gasteiger partial charge in [0.05, 0.1) is 11.7 Å². The smallest absolute Gasteiger partial charge is 0.488 e. The highest BCUT2D eigenvalue weighted by Crippen LogP contribution is 2.30. The molecular formula is C13H16BF4O2-. The van der Waals surface area contributed by atoms with Crippen molar-refractivity contribution < 1.29 is 26.8 Å². The zero-order valence-electron chi connectivity index (χ0n) is 11.3. The van der Waals surface area contributed by atoms with Crippen molar-refractivity contribution in [2.45, 2.75) is 38.4 Å². The Morgan fingerprint density at radius 1 is 1.35 bits per heavy atom. The topological polar surface area (TPSA) is 18.5 Å². The molecule has 1 heterocycles. The van der Waals surface area contributed by atoms with Gasteiger partial charge in [0.15, 0.2) is 11.6 Å².